The molecule has 0 radical (unpaired) electrons. The monoisotopic (exact) mass is 275 g/mol. The van der Waals surface area contributed by atoms with E-state index in [9.17, 15) is 9.90 Å². The Bertz CT molecular complexity index is 462. The molecule has 0 heterocycles. The van der Waals surface area contributed by atoms with Crippen molar-refractivity contribution in [3.8, 4) is 5.75 Å². The first-order chi connectivity index (χ1) is 9.56. The van der Waals surface area contributed by atoms with Gasteiger partial charge in [0.1, 0.15) is 5.75 Å². The number of phenols is 1. The molecule has 0 atom stereocenters. The molecule has 2 N–H and O–H groups in total. The Morgan fingerprint density at radius 1 is 1.30 bits per heavy atom. The van der Waals surface area contributed by atoms with Crippen LogP contribution in [0, 0.1) is 18.8 Å². The van der Waals surface area contributed by atoms with E-state index in [1.807, 2.05) is 6.92 Å². The number of rotatable bonds is 4. The number of hydrogen-bond acceptors (Lipinski definition) is 2. The van der Waals surface area contributed by atoms with E-state index in [0.717, 1.165) is 30.4 Å². The van der Waals surface area contributed by atoms with Gasteiger partial charge in [0, 0.05) is 12.1 Å². The zero-order valence-corrected chi connectivity index (χ0v) is 12.5. The summed E-state index contributed by atoms with van der Waals surface area (Å²) >= 11 is 0. The molecule has 1 amide bonds. The van der Waals surface area contributed by atoms with Crippen molar-refractivity contribution in [1.29, 1.82) is 0 Å². The molecule has 1 aliphatic carbocycles. The van der Waals surface area contributed by atoms with Gasteiger partial charge in [0.2, 0.25) is 0 Å². The van der Waals surface area contributed by atoms with Crippen LogP contribution in [0.15, 0.2) is 18.2 Å². The molecule has 1 aromatic carbocycles. The van der Waals surface area contributed by atoms with Crippen molar-refractivity contribution in [2.75, 3.05) is 6.54 Å². The van der Waals surface area contributed by atoms with Crippen LogP contribution in [0.4, 0.5) is 0 Å². The summed E-state index contributed by atoms with van der Waals surface area (Å²) in [7, 11) is 0. The molecule has 110 valence electrons. The van der Waals surface area contributed by atoms with Gasteiger partial charge in [0.25, 0.3) is 5.91 Å². The summed E-state index contributed by atoms with van der Waals surface area (Å²) in [6.45, 7) is 4.92. The normalized spacial score (nSPS) is 22.5. The third kappa shape index (κ3) is 3.99. The molecule has 0 unspecified atom stereocenters. The first kappa shape index (κ1) is 14.9. The van der Waals surface area contributed by atoms with Gasteiger partial charge < -0.3 is 10.4 Å². The van der Waals surface area contributed by atoms with Crippen LogP contribution in [0.5, 0.6) is 5.75 Å². The number of aryl methyl sites for hydroxylation is 1. The van der Waals surface area contributed by atoms with Crippen LogP contribution >= 0.6 is 0 Å². The highest BCUT2D eigenvalue weighted by atomic mass is 16.3. The van der Waals surface area contributed by atoms with Crippen LogP contribution in [0.25, 0.3) is 0 Å². The first-order valence-electron chi connectivity index (χ1n) is 7.64. The molecule has 20 heavy (non-hydrogen) atoms. The molecule has 0 saturated heterocycles. The van der Waals surface area contributed by atoms with Crippen molar-refractivity contribution in [1.82, 2.24) is 5.32 Å². The van der Waals surface area contributed by atoms with Crippen LogP contribution < -0.4 is 5.32 Å². The molecule has 1 fully saturated rings. The summed E-state index contributed by atoms with van der Waals surface area (Å²) < 4.78 is 0. The Kier molecular flexibility index (Phi) is 5.05. The van der Waals surface area contributed by atoms with E-state index in [1.54, 1.807) is 18.2 Å². The third-order valence-corrected chi connectivity index (χ3v) is 4.43. The molecule has 1 aliphatic rings. The Morgan fingerprint density at radius 3 is 2.65 bits per heavy atom. The van der Waals surface area contributed by atoms with Crippen LogP contribution in [0.1, 0.15) is 54.9 Å². The van der Waals surface area contributed by atoms with Gasteiger partial charge in [-0.15, -0.1) is 0 Å². The number of nitrogens with one attached hydrogen (secondary N) is 1. The SMILES string of the molecule is Cc1cc(O)ccc1C(=O)NCCC1CCC(C)CC1. The van der Waals surface area contributed by atoms with E-state index < -0.39 is 0 Å². The summed E-state index contributed by atoms with van der Waals surface area (Å²) in [4.78, 5) is 12.1. The van der Waals surface area contributed by atoms with E-state index in [-0.39, 0.29) is 11.7 Å². The highest BCUT2D eigenvalue weighted by Crippen LogP contribution is 2.29. The number of amides is 1. The predicted molar refractivity (Wildman–Crippen MR) is 80.9 cm³/mol. The Morgan fingerprint density at radius 2 is 2.00 bits per heavy atom. The first-order valence-corrected chi connectivity index (χ1v) is 7.64. The second-order valence-corrected chi connectivity index (χ2v) is 6.17. The summed E-state index contributed by atoms with van der Waals surface area (Å²) in [5.41, 5.74) is 1.47. The van der Waals surface area contributed by atoms with Crippen LogP contribution in [-0.4, -0.2) is 17.6 Å². The molecular formula is C17H25NO2. The third-order valence-electron chi connectivity index (χ3n) is 4.43. The lowest BCUT2D eigenvalue weighted by Crippen LogP contribution is -2.27. The van der Waals surface area contributed by atoms with E-state index in [4.69, 9.17) is 0 Å². The quantitative estimate of drug-likeness (QED) is 0.881. The van der Waals surface area contributed by atoms with Crippen LogP contribution in [0.3, 0.4) is 0 Å². The molecular weight excluding hydrogens is 250 g/mol. The van der Waals surface area contributed by atoms with E-state index in [0.29, 0.717) is 5.56 Å². The number of phenolic OH excluding ortho intramolecular Hbond substituents is 1. The topological polar surface area (TPSA) is 49.3 Å². The maximum absolute atomic E-state index is 12.1. The van der Waals surface area contributed by atoms with Crippen molar-refractivity contribution in [3.05, 3.63) is 29.3 Å². The van der Waals surface area contributed by atoms with Crippen LogP contribution in [0.2, 0.25) is 0 Å². The molecule has 0 aromatic heterocycles. The molecule has 1 saturated carbocycles. The van der Waals surface area contributed by atoms with Crippen molar-refractivity contribution in [3.63, 3.8) is 0 Å². The highest BCUT2D eigenvalue weighted by Gasteiger charge is 2.18. The fourth-order valence-corrected chi connectivity index (χ4v) is 3.01. The van der Waals surface area contributed by atoms with Gasteiger partial charge in [-0.3, -0.25) is 4.79 Å². The zero-order chi connectivity index (χ0) is 14.5. The second-order valence-electron chi connectivity index (χ2n) is 6.17. The predicted octanol–water partition coefficient (Wildman–Crippen LogP) is 3.65. The number of aromatic hydroxyl groups is 1. The van der Waals surface area contributed by atoms with Crippen molar-refractivity contribution >= 4 is 5.91 Å². The number of carbonyl (C=O) groups is 1. The molecule has 0 bridgehead atoms. The fraction of sp³-hybridized carbons (Fsp3) is 0.588. The van der Waals surface area contributed by atoms with Gasteiger partial charge >= 0.3 is 0 Å². The summed E-state index contributed by atoms with van der Waals surface area (Å²) in [6, 6.07) is 4.87. The van der Waals surface area contributed by atoms with Gasteiger partial charge in [-0.25, -0.2) is 0 Å². The van der Waals surface area contributed by atoms with Gasteiger partial charge in [-0.1, -0.05) is 32.6 Å². The fourth-order valence-electron chi connectivity index (χ4n) is 3.01. The summed E-state index contributed by atoms with van der Waals surface area (Å²) in [5.74, 6) is 1.81. The minimum atomic E-state index is -0.0355. The highest BCUT2D eigenvalue weighted by molar-refractivity contribution is 5.95. The number of carbonyl (C=O) groups excluding carboxylic acids is 1. The van der Waals surface area contributed by atoms with Crippen molar-refractivity contribution in [2.45, 2.75) is 46.0 Å². The Labute approximate surface area is 121 Å². The molecule has 0 spiro atoms. The zero-order valence-electron chi connectivity index (χ0n) is 12.5. The summed E-state index contributed by atoms with van der Waals surface area (Å²) in [5, 5.41) is 12.4. The molecule has 3 nitrogen and oxygen atoms in total. The number of hydrogen-bond donors (Lipinski definition) is 2. The summed E-state index contributed by atoms with van der Waals surface area (Å²) in [6.07, 6.45) is 6.34. The van der Waals surface area contributed by atoms with E-state index >= 15 is 0 Å². The second kappa shape index (κ2) is 6.78. The average Bonchev–Trinajstić information content (AvgIpc) is 2.41. The lowest BCUT2D eigenvalue weighted by molar-refractivity contribution is 0.0949. The lowest BCUT2D eigenvalue weighted by Gasteiger charge is -2.26. The Balaban J connectivity index is 1.77. The van der Waals surface area contributed by atoms with Crippen molar-refractivity contribution in [2.24, 2.45) is 11.8 Å². The lowest BCUT2D eigenvalue weighted by atomic mass is 9.81. The largest absolute Gasteiger partial charge is 0.508 e. The van der Waals surface area contributed by atoms with Crippen LogP contribution in [-0.2, 0) is 0 Å². The molecule has 3 heteroatoms. The minimum Gasteiger partial charge on any atom is -0.508 e. The average molecular weight is 275 g/mol. The van der Waals surface area contributed by atoms with Gasteiger partial charge in [-0.2, -0.15) is 0 Å². The van der Waals surface area contributed by atoms with Gasteiger partial charge in [0.15, 0.2) is 0 Å². The maximum Gasteiger partial charge on any atom is 0.251 e. The number of benzene rings is 1. The smallest absolute Gasteiger partial charge is 0.251 e. The van der Waals surface area contributed by atoms with E-state index in [1.165, 1.54) is 25.7 Å². The molecule has 0 aliphatic heterocycles. The van der Waals surface area contributed by atoms with Gasteiger partial charge in [-0.05, 0) is 48.9 Å². The molecule has 2 rings (SSSR count). The Hall–Kier alpha value is -1.51. The minimum absolute atomic E-state index is 0.0355. The van der Waals surface area contributed by atoms with E-state index in [2.05, 4.69) is 12.2 Å². The molecule has 1 aromatic rings. The van der Waals surface area contributed by atoms with Gasteiger partial charge in [0.05, 0.1) is 0 Å². The maximum atomic E-state index is 12.1. The standard InChI is InChI=1S/C17H25NO2/c1-12-3-5-14(6-4-12)9-10-18-17(20)16-8-7-15(19)11-13(16)2/h7-8,11-12,14,19H,3-6,9-10H2,1-2H3,(H,18,20). The van der Waals surface area contributed by atoms with Crippen molar-refractivity contribution < 1.29 is 9.90 Å².